The summed E-state index contributed by atoms with van der Waals surface area (Å²) in [6, 6.07) is 4.06. The lowest BCUT2D eigenvalue weighted by Gasteiger charge is -2.29. The molecule has 1 aliphatic carbocycles. The molecule has 5 heteroatoms. The number of hydrogen-bond acceptors (Lipinski definition) is 4. The van der Waals surface area contributed by atoms with E-state index in [1.165, 1.54) is 12.8 Å². The summed E-state index contributed by atoms with van der Waals surface area (Å²) in [4.78, 5) is 17.5. The number of anilines is 1. The standard InChI is InChI=1S/C14H21N3O2/c1-10(18)13-7-6-12(8-16-13)17(9-14(15)19)11-4-2-3-5-11/h6-8,10-11,18H,2-5,9H2,1H3,(H2,15,19)/t10-/m0/s1. The van der Waals surface area contributed by atoms with Gasteiger partial charge in [0.25, 0.3) is 0 Å². The van der Waals surface area contributed by atoms with E-state index < -0.39 is 6.10 Å². The molecule has 104 valence electrons. The molecule has 1 aromatic rings. The average Bonchev–Trinajstić information content (AvgIpc) is 2.89. The van der Waals surface area contributed by atoms with Gasteiger partial charge in [0.2, 0.25) is 5.91 Å². The molecule has 1 heterocycles. The van der Waals surface area contributed by atoms with Gasteiger partial charge in [0.15, 0.2) is 0 Å². The quantitative estimate of drug-likeness (QED) is 0.841. The maximum Gasteiger partial charge on any atom is 0.236 e. The van der Waals surface area contributed by atoms with Crippen molar-refractivity contribution >= 4 is 11.6 Å². The van der Waals surface area contributed by atoms with Gasteiger partial charge in [0.05, 0.1) is 30.2 Å². The topological polar surface area (TPSA) is 79.5 Å². The van der Waals surface area contributed by atoms with E-state index in [0.717, 1.165) is 18.5 Å². The van der Waals surface area contributed by atoms with E-state index in [1.54, 1.807) is 19.2 Å². The minimum absolute atomic E-state index is 0.223. The van der Waals surface area contributed by atoms with Gasteiger partial charge in [-0.3, -0.25) is 9.78 Å². The zero-order chi connectivity index (χ0) is 13.8. The first kappa shape index (κ1) is 13.8. The Bertz CT molecular complexity index is 425. The lowest BCUT2D eigenvalue weighted by atomic mass is 10.1. The summed E-state index contributed by atoms with van der Waals surface area (Å²) in [6.45, 7) is 1.90. The van der Waals surface area contributed by atoms with Crippen LogP contribution in [0.15, 0.2) is 18.3 Å². The molecule has 1 saturated carbocycles. The first-order valence-electron chi connectivity index (χ1n) is 6.77. The molecule has 0 aliphatic heterocycles. The largest absolute Gasteiger partial charge is 0.387 e. The number of carbonyl (C=O) groups excluding carboxylic acids is 1. The van der Waals surface area contributed by atoms with Crippen LogP contribution >= 0.6 is 0 Å². The number of carbonyl (C=O) groups is 1. The van der Waals surface area contributed by atoms with Gasteiger partial charge in [0, 0.05) is 6.04 Å². The van der Waals surface area contributed by atoms with E-state index in [-0.39, 0.29) is 12.5 Å². The summed E-state index contributed by atoms with van der Waals surface area (Å²) in [5.74, 6) is -0.327. The number of nitrogens with zero attached hydrogens (tertiary/aromatic N) is 2. The Morgan fingerprint density at radius 2 is 2.21 bits per heavy atom. The lowest BCUT2D eigenvalue weighted by molar-refractivity contribution is -0.116. The number of hydrogen-bond donors (Lipinski definition) is 2. The fourth-order valence-corrected chi connectivity index (χ4v) is 2.63. The number of aromatic nitrogens is 1. The second kappa shape index (κ2) is 6.02. The van der Waals surface area contributed by atoms with Crippen molar-refractivity contribution in [3.8, 4) is 0 Å². The Morgan fingerprint density at radius 1 is 1.53 bits per heavy atom. The summed E-state index contributed by atoms with van der Waals surface area (Å²) in [5, 5.41) is 9.46. The number of pyridine rings is 1. The van der Waals surface area contributed by atoms with Crippen LogP contribution in [-0.2, 0) is 4.79 Å². The number of aliphatic hydroxyl groups excluding tert-OH is 1. The molecule has 0 aromatic carbocycles. The van der Waals surface area contributed by atoms with Crippen LogP contribution in [0.25, 0.3) is 0 Å². The minimum atomic E-state index is -0.579. The van der Waals surface area contributed by atoms with Crippen molar-refractivity contribution in [2.45, 2.75) is 44.8 Å². The Kier molecular flexibility index (Phi) is 4.37. The molecule has 0 spiro atoms. The van der Waals surface area contributed by atoms with Crippen LogP contribution < -0.4 is 10.6 Å². The van der Waals surface area contributed by atoms with Crippen LogP contribution in [0.4, 0.5) is 5.69 Å². The predicted molar refractivity (Wildman–Crippen MR) is 73.7 cm³/mol. The van der Waals surface area contributed by atoms with Crippen molar-refractivity contribution in [3.05, 3.63) is 24.0 Å². The molecule has 2 rings (SSSR count). The van der Waals surface area contributed by atoms with Gasteiger partial charge in [0.1, 0.15) is 0 Å². The first-order chi connectivity index (χ1) is 9.08. The summed E-state index contributed by atoms with van der Waals surface area (Å²) in [5.41, 5.74) is 6.87. The van der Waals surface area contributed by atoms with Gasteiger partial charge < -0.3 is 15.7 Å². The number of amides is 1. The molecule has 1 aromatic heterocycles. The van der Waals surface area contributed by atoms with Crippen LogP contribution in [-0.4, -0.2) is 28.6 Å². The third-order valence-corrected chi connectivity index (χ3v) is 3.62. The maximum atomic E-state index is 11.2. The SMILES string of the molecule is C[C@H](O)c1ccc(N(CC(N)=O)C2CCCC2)cn1. The van der Waals surface area contributed by atoms with Crippen molar-refractivity contribution in [2.24, 2.45) is 5.73 Å². The third-order valence-electron chi connectivity index (χ3n) is 3.62. The fraction of sp³-hybridized carbons (Fsp3) is 0.571. The number of aliphatic hydroxyl groups is 1. The van der Waals surface area contributed by atoms with Crippen molar-refractivity contribution < 1.29 is 9.90 Å². The van der Waals surface area contributed by atoms with Gasteiger partial charge >= 0.3 is 0 Å². The first-order valence-corrected chi connectivity index (χ1v) is 6.77. The summed E-state index contributed by atoms with van der Waals surface area (Å²) >= 11 is 0. The fourth-order valence-electron chi connectivity index (χ4n) is 2.63. The molecule has 1 aliphatic rings. The highest BCUT2D eigenvalue weighted by Gasteiger charge is 2.24. The molecule has 5 nitrogen and oxygen atoms in total. The molecule has 0 radical (unpaired) electrons. The highest BCUT2D eigenvalue weighted by molar-refractivity contribution is 5.79. The van der Waals surface area contributed by atoms with Crippen LogP contribution in [0.3, 0.4) is 0 Å². The molecule has 1 atom stereocenters. The number of nitrogens with two attached hydrogens (primary N) is 1. The van der Waals surface area contributed by atoms with Gasteiger partial charge in [-0.1, -0.05) is 12.8 Å². The number of primary amides is 1. The third kappa shape index (κ3) is 3.44. The van der Waals surface area contributed by atoms with E-state index in [4.69, 9.17) is 5.73 Å². The highest BCUT2D eigenvalue weighted by Crippen LogP contribution is 2.28. The van der Waals surface area contributed by atoms with Crippen molar-refractivity contribution in [1.29, 1.82) is 0 Å². The Hall–Kier alpha value is -1.62. The van der Waals surface area contributed by atoms with E-state index in [0.29, 0.717) is 11.7 Å². The van der Waals surface area contributed by atoms with Gasteiger partial charge in [-0.2, -0.15) is 0 Å². The van der Waals surface area contributed by atoms with E-state index in [2.05, 4.69) is 4.98 Å². The van der Waals surface area contributed by atoms with Crippen molar-refractivity contribution in [1.82, 2.24) is 4.98 Å². The average molecular weight is 263 g/mol. The number of rotatable bonds is 5. The molecular formula is C14H21N3O2. The maximum absolute atomic E-state index is 11.2. The predicted octanol–water partition coefficient (Wildman–Crippen LogP) is 1.37. The Labute approximate surface area is 113 Å². The van der Waals surface area contributed by atoms with E-state index in [1.807, 2.05) is 11.0 Å². The van der Waals surface area contributed by atoms with Gasteiger partial charge in [-0.25, -0.2) is 0 Å². The van der Waals surface area contributed by atoms with E-state index >= 15 is 0 Å². The van der Waals surface area contributed by atoms with Gasteiger partial charge in [-0.05, 0) is 31.9 Å². The normalized spacial score (nSPS) is 17.4. The summed E-state index contributed by atoms with van der Waals surface area (Å²) in [6.07, 6.45) is 5.70. The van der Waals surface area contributed by atoms with Crippen molar-refractivity contribution in [3.63, 3.8) is 0 Å². The van der Waals surface area contributed by atoms with Gasteiger partial charge in [-0.15, -0.1) is 0 Å². The molecular weight excluding hydrogens is 242 g/mol. The monoisotopic (exact) mass is 263 g/mol. The molecule has 0 bridgehead atoms. The van der Waals surface area contributed by atoms with Crippen LogP contribution in [0.2, 0.25) is 0 Å². The summed E-state index contributed by atoms with van der Waals surface area (Å²) < 4.78 is 0. The molecule has 0 unspecified atom stereocenters. The smallest absolute Gasteiger partial charge is 0.236 e. The second-order valence-electron chi connectivity index (χ2n) is 5.15. The second-order valence-corrected chi connectivity index (χ2v) is 5.15. The Balaban J connectivity index is 2.19. The summed E-state index contributed by atoms with van der Waals surface area (Å²) in [7, 11) is 0. The van der Waals surface area contributed by atoms with Crippen LogP contribution in [0.5, 0.6) is 0 Å². The minimum Gasteiger partial charge on any atom is -0.387 e. The molecule has 1 fully saturated rings. The molecule has 19 heavy (non-hydrogen) atoms. The molecule has 3 N–H and O–H groups in total. The van der Waals surface area contributed by atoms with Crippen LogP contribution in [0.1, 0.15) is 44.4 Å². The Morgan fingerprint density at radius 3 is 2.68 bits per heavy atom. The zero-order valence-corrected chi connectivity index (χ0v) is 11.2. The van der Waals surface area contributed by atoms with Crippen molar-refractivity contribution in [2.75, 3.05) is 11.4 Å². The van der Waals surface area contributed by atoms with Crippen LogP contribution in [0, 0.1) is 0 Å². The molecule has 1 amide bonds. The van der Waals surface area contributed by atoms with E-state index in [9.17, 15) is 9.90 Å². The zero-order valence-electron chi connectivity index (χ0n) is 11.2. The molecule has 0 saturated heterocycles. The highest BCUT2D eigenvalue weighted by atomic mass is 16.3. The lowest BCUT2D eigenvalue weighted by Crippen LogP contribution is -2.40.